The van der Waals surface area contributed by atoms with Crippen molar-refractivity contribution in [3.05, 3.63) is 45.6 Å². The van der Waals surface area contributed by atoms with E-state index in [9.17, 15) is 10.1 Å². The van der Waals surface area contributed by atoms with Gasteiger partial charge in [0.1, 0.15) is 6.07 Å². The molecule has 0 aliphatic carbocycles. The number of hydrogen-bond donors (Lipinski definition) is 1. The fourth-order valence-corrected chi connectivity index (χ4v) is 1.61. The first-order chi connectivity index (χ1) is 9.01. The van der Waals surface area contributed by atoms with E-state index in [1.165, 1.54) is 18.2 Å². The molecule has 1 N–H and O–H groups in total. The van der Waals surface area contributed by atoms with Crippen LogP contribution in [0.25, 0.3) is 0 Å². The SMILES string of the molecule is Cc1cc(Nc2ccc([N+](=O)[O-])cc2C#N)nn1C. The number of nitrogens with zero attached hydrogens (tertiary/aromatic N) is 4. The second kappa shape index (κ2) is 4.78. The maximum atomic E-state index is 10.6. The molecule has 0 aliphatic rings. The largest absolute Gasteiger partial charge is 0.338 e. The molecule has 0 aliphatic heterocycles. The summed E-state index contributed by atoms with van der Waals surface area (Å²) in [5.74, 6) is 0.588. The predicted molar refractivity (Wildman–Crippen MR) is 69.0 cm³/mol. The van der Waals surface area contributed by atoms with E-state index in [-0.39, 0.29) is 11.3 Å². The highest BCUT2D eigenvalue weighted by Crippen LogP contribution is 2.24. The third-order valence-electron chi connectivity index (χ3n) is 2.71. The molecule has 0 bridgehead atoms. The molecule has 0 saturated carbocycles. The molecule has 2 rings (SSSR count). The summed E-state index contributed by atoms with van der Waals surface area (Å²) < 4.78 is 1.69. The molecule has 0 atom stereocenters. The van der Waals surface area contributed by atoms with Crippen molar-refractivity contribution in [2.75, 3.05) is 5.32 Å². The lowest BCUT2D eigenvalue weighted by molar-refractivity contribution is -0.384. The van der Waals surface area contributed by atoms with E-state index in [0.717, 1.165) is 5.69 Å². The van der Waals surface area contributed by atoms with Gasteiger partial charge in [0.05, 0.1) is 16.2 Å². The Balaban J connectivity index is 2.35. The number of anilines is 2. The van der Waals surface area contributed by atoms with Crippen LogP contribution < -0.4 is 5.32 Å². The van der Waals surface area contributed by atoms with Crippen molar-refractivity contribution in [3.8, 4) is 6.07 Å². The normalized spacial score (nSPS) is 9.95. The van der Waals surface area contributed by atoms with Crippen LogP contribution in [0.3, 0.4) is 0 Å². The molecule has 2 aromatic rings. The van der Waals surface area contributed by atoms with Crippen LogP contribution in [0.4, 0.5) is 17.2 Å². The number of aromatic nitrogens is 2. The van der Waals surface area contributed by atoms with Crippen molar-refractivity contribution in [3.63, 3.8) is 0 Å². The van der Waals surface area contributed by atoms with Crippen LogP contribution in [-0.2, 0) is 7.05 Å². The number of rotatable bonds is 3. The summed E-state index contributed by atoms with van der Waals surface area (Å²) in [6.45, 7) is 1.90. The summed E-state index contributed by atoms with van der Waals surface area (Å²) >= 11 is 0. The lowest BCUT2D eigenvalue weighted by atomic mass is 10.1. The Morgan fingerprint density at radius 1 is 1.47 bits per heavy atom. The first-order valence-corrected chi connectivity index (χ1v) is 5.47. The average molecular weight is 257 g/mol. The van der Waals surface area contributed by atoms with Crippen LogP contribution in [0.15, 0.2) is 24.3 Å². The molecule has 0 fully saturated rings. The fraction of sp³-hybridized carbons (Fsp3) is 0.167. The van der Waals surface area contributed by atoms with Gasteiger partial charge in [0.15, 0.2) is 5.82 Å². The number of nitriles is 1. The molecular formula is C12H11N5O2. The van der Waals surface area contributed by atoms with Crippen molar-refractivity contribution in [1.82, 2.24) is 9.78 Å². The van der Waals surface area contributed by atoms with Crippen molar-refractivity contribution in [2.45, 2.75) is 6.92 Å². The quantitative estimate of drug-likeness (QED) is 0.671. The van der Waals surface area contributed by atoms with Gasteiger partial charge in [0.25, 0.3) is 5.69 Å². The average Bonchev–Trinajstić information content (AvgIpc) is 2.68. The first kappa shape index (κ1) is 12.6. The van der Waals surface area contributed by atoms with Gasteiger partial charge in [-0.1, -0.05) is 0 Å². The second-order valence-corrected chi connectivity index (χ2v) is 4.02. The van der Waals surface area contributed by atoms with Gasteiger partial charge >= 0.3 is 0 Å². The molecule has 96 valence electrons. The van der Waals surface area contributed by atoms with E-state index in [2.05, 4.69) is 10.4 Å². The van der Waals surface area contributed by atoms with Gasteiger partial charge in [0, 0.05) is 30.9 Å². The zero-order chi connectivity index (χ0) is 14.0. The third-order valence-corrected chi connectivity index (χ3v) is 2.71. The summed E-state index contributed by atoms with van der Waals surface area (Å²) in [5, 5.41) is 26.8. The standard InChI is InChI=1S/C12H11N5O2/c1-8-5-12(15-16(8)2)14-11-4-3-10(17(18)19)6-9(11)7-13/h3-6H,1-2H3,(H,14,15). The zero-order valence-corrected chi connectivity index (χ0v) is 10.4. The number of non-ortho nitro benzene ring substituents is 1. The Labute approximate surface area is 109 Å². The smallest absolute Gasteiger partial charge is 0.270 e. The molecular weight excluding hydrogens is 246 g/mol. The van der Waals surface area contributed by atoms with E-state index in [0.29, 0.717) is 11.5 Å². The molecule has 0 saturated heterocycles. The fourth-order valence-electron chi connectivity index (χ4n) is 1.61. The lowest BCUT2D eigenvalue weighted by Crippen LogP contribution is -1.97. The van der Waals surface area contributed by atoms with Crippen molar-refractivity contribution in [1.29, 1.82) is 5.26 Å². The molecule has 1 heterocycles. The van der Waals surface area contributed by atoms with Gasteiger partial charge in [0.2, 0.25) is 0 Å². The van der Waals surface area contributed by atoms with Crippen LogP contribution in [0.1, 0.15) is 11.3 Å². The van der Waals surface area contributed by atoms with E-state index >= 15 is 0 Å². The van der Waals surface area contributed by atoms with E-state index in [1.54, 1.807) is 4.68 Å². The number of benzene rings is 1. The van der Waals surface area contributed by atoms with Crippen molar-refractivity contribution in [2.24, 2.45) is 7.05 Å². The van der Waals surface area contributed by atoms with Crippen LogP contribution in [-0.4, -0.2) is 14.7 Å². The first-order valence-electron chi connectivity index (χ1n) is 5.47. The minimum atomic E-state index is -0.532. The number of nitro groups is 1. The van der Waals surface area contributed by atoms with Crippen molar-refractivity contribution >= 4 is 17.2 Å². The van der Waals surface area contributed by atoms with E-state index in [4.69, 9.17) is 5.26 Å². The summed E-state index contributed by atoms with van der Waals surface area (Å²) in [5.41, 5.74) is 1.55. The Hall–Kier alpha value is -2.88. The molecule has 0 spiro atoms. The Morgan fingerprint density at radius 3 is 2.74 bits per heavy atom. The summed E-state index contributed by atoms with van der Waals surface area (Å²) in [7, 11) is 1.81. The van der Waals surface area contributed by atoms with Gasteiger partial charge in [-0.25, -0.2) is 0 Å². The van der Waals surface area contributed by atoms with Gasteiger partial charge in [-0.3, -0.25) is 14.8 Å². The van der Waals surface area contributed by atoms with Crippen LogP contribution in [0, 0.1) is 28.4 Å². The molecule has 7 heteroatoms. The number of nitrogens with one attached hydrogen (secondary N) is 1. The van der Waals surface area contributed by atoms with Crippen LogP contribution in [0.5, 0.6) is 0 Å². The molecule has 0 amide bonds. The lowest BCUT2D eigenvalue weighted by Gasteiger charge is -2.04. The maximum absolute atomic E-state index is 10.6. The number of hydrogen-bond acceptors (Lipinski definition) is 5. The molecule has 0 unspecified atom stereocenters. The molecule has 1 aromatic heterocycles. The Morgan fingerprint density at radius 2 is 2.21 bits per heavy atom. The minimum Gasteiger partial charge on any atom is -0.338 e. The zero-order valence-electron chi connectivity index (χ0n) is 10.4. The number of nitro benzene ring substituents is 1. The van der Waals surface area contributed by atoms with Crippen molar-refractivity contribution < 1.29 is 4.92 Å². The van der Waals surface area contributed by atoms with Gasteiger partial charge in [-0.2, -0.15) is 10.4 Å². The highest BCUT2D eigenvalue weighted by molar-refractivity contribution is 5.67. The molecule has 1 aromatic carbocycles. The highest BCUT2D eigenvalue weighted by atomic mass is 16.6. The third kappa shape index (κ3) is 2.52. The minimum absolute atomic E-state index is 0.112. The Bertz CT molecular complexity index is 664. The Kier molecular flexibility index (Phi) is 3.16. The van der Waals surface area contributed by atoms with Crippen LogP contribution >= 0.6 is 0 Å². The van der Waals surface area contributed by atoms with Crippen LogP contribution in [0.2, 0.25) is 0 Å². The van der Waals surface area contributed by atoms with E-state index in [1.807, 2.05) is 26.1 Å². The molecule has 7 nitrogen and oxygen atoms in total. The van der Waals surface area contributed by atoms with E-state index < -0.39 is 4.92 Å². The van der Waals surface area contributed by atoms with Gasteiger partial charge < -0.3 is 5.32 Å². The molecule has 19 heavy (non-hydrogen) atoms. The summed E-state index contributed by atoms with van der Waals surface area (Å²) in [6.07, 6.45) is 0. The monoisotopic (exact) mass is 257 g/mol. The summed E-state index contributed by atoms with van der Waals surface area (Å²) in [6, 6.07) is 7.83. The predicted octanol–water partition coefficient (Wildman–Crippen LogP) is 2.25. The topological polar surface area (TPSA) is 96.8 Å². The summed E-state index contributed by atoms with van der Waals surface area (Å²) in [4.78, 5) is 10.1. The maximum Gasteiger partial charge on any atom is 0.270 e. The highest BCUT2D eigenvalue weighted by Gasteiger charge is 2.11. The van der Waals surface area contributed by atoms with Gasteiger partial charge in [-0.15, -0.1) is 0 Å². The second-order valence-electron chi connectivity index (χ2n) is 4.02. The van der Waals surface area contributed by atoms with Gasteiger partial charge in [-0.05, 0) is 13.0 Å². The number of aryl methyl sites for hydroxylation is 2. The molecule has 0 radical (unpaired) electrons.